The van der Waals surface area contributed by atoms with E-state index in [0.717, 1.165) is 5.56 Å². The van der Waals surface area contributed by atoms with E-state index in [4.69, 9.17) is 13.6 Å². The van der Waals surface area contributed by atoms with Gasteiger partial charge in [0.25, 0.3) is 5.91 Å². The van der Waals surface area contributed by atoms with Crippen LogP contribution >= 0.6 is 0 Å². The molecule has 0 bridgehead atoms. The first-order valence-corrected chi connectivity index (χ1v) is 7.85. The van der Waals surface area contributed by atoms with Gasteiger partial charge in [-0.2, -0.15) is 0 Å². The first-order valence-electron chi connectivity index (χ1n) is 7.85. The Hall–Kier alpha value is -4.48. The maximum absolute atomic E-state index is 12.9. The molecular formula is C17H11N3O9. The van der Waals surface area contributed by atoms with Crippen LogP contribution in [0.3, 0.4) is 0 Å². The molecule has 0 unspecified atom stereocenters. The molecule has 148 valence electrons. The third kappa shape index (κ3) is 4.63. The quantitative estimate of drug-likeness (QED) is 0.550. The maximum atomic E-state index is 12.9. The Bertz CT molecular complexity index is 1390. The van der Waals surface area contributed by atoms with Gasteiger partial charge in [0.15, 0.2) is 0 Å². The number of rotatable bonds is 1. The molecule has 0 N–H and O–H groups in total. The summed E-state index contributed by atoms with van der Waals surface area (Å²) in [5.41, 5.74) is -3.77. The minimum Gasteiger partial charge on any atom is -0.325 e. The molecule has 0 saturated carbocycles. The van der Waals surface area contributed by atoms with Crippen molar-refractivity contribution in [1.82, 2.24) is 14.6 Å². The van der Waals surface area contributed by atoms with Crippen molar-refractivity contribution in [2.45, 2.75) is 6.92 Å². The van der Waals surface area contributed by atoms with Crippen molar-refractivity contribution in [2.75, 3.05) is 0 Å². The first kappa shape index (κ1) is 19.3. The van der Waals surface area contributed by atoms with Crippen molar-refractivity contribution in [1.29, 1.82) is 0 Å². The molecule has 0 amide bonds. The van der Waals surface area contributed by atoms with E-state index in [1.54, 1.807) is 19.1 Å². The Balaban J connectivity index is 2.58. The van der Waals surface area contributed by atoms with Crippen LogP contribution in [0.15, 0.2) is 85.8 Å². The van der Waals surface area contributed by atoms with Crippen LogP contribution in [-0.4, -0.2) is 20.5 Å². The van der Waals surface area contributed by atoms with Gasteiger partial charge >= 0.3 is 28.3 Å². The number of benzene rings is 1. The summed E-state index contributed by atoms with van der Waals surface area (Å²) in [6.07, 6.45) is 0. The van der Waals surface area contributed by atoms with Crippen LogP contribution in [0.1, 0.15) is 15.9 Å². The fraction of sp³-hybridized carbons (Fsp3) is 0.0588. The summed E-state index contributed by atoms with van der Waals surface area (Å²) in [7, 11) is 0. The molecule has 2 heterocycles. The highest BCUT2D eigenvalue weighted by Crippen LogP contribution is 2.06. The Morgan fingerprint density at radius 1 is 0.759 bits per heavy atom. The number of carbonyl (C=O) groups excluding carboxylic acids is 1. The monoisotopic (exact) mass is 401 g/mol. The highest BCUT2D eigenvalue weighted by molar-refractivity contribution is 5.96. The lowest BCUT2D eigenvalue weighted by Gasteiger charge is -2.02. The molecule has 3 rings (SSSR count). The molecule has 2 aromatic heterocycles. The highest BCUT2D eigenvalue weighted by atomic mass is 16.7. The largest absolute Gasteiger partial charge is 0.360 e. The third-order valence-electron chi connectivity index (χ3n) is 3.28. The predicted molar refractivity (Wildman–Crippen MR) is 93.5 cm³/mol. The highest BCUT2D eigenvalue weighted by Gasteiger charge is 2.15. The zero-order valence-electron chi connectivity index (χ0n) is 14.6. The fourth-order valence-corrected chi connectivity index (χ4v) is 1.96. The Morgan fingerprint density at radius 3 is 1.86 bits per heavy atom. The van der Waals surface area contributed by atoms with E-state index in [-0.39, 0.29) is 15.0 Å². The van der Waals surface area contributed by atoms with Crippen LogP contribution in [0.25, 0.3) is 5.78 Å². The summed E-state index contributed by atoms with van der Waals surface area (Å²) < 4.78 is 19.2. The minimum atomic E-state index is -1.18. The van der Waals surface area contributed by atoms with Crippen LogP contribution in [0, 0.1) is 6.92 Å². The number of aryl methyl sites for hydroxylation is 1. The Kier molecular flexibility index (Phi) is 5.35. The lowest BCUT2D eigenvalue weighted by Crippen LogP contribution is -2.18. The standard InChI is InChI=1S/C17H11N3O9/c1-10-2-4-11(5-3-10)16(25)19-17-18-26-12(21)6-7-14(23)28-20(17)29-15(24)9-8-13(22)27-19/h2-9H,1H3. The van der Waals surface area contributed by atoms with E-state index in [1.165, 1.54) is 12.1 Å². The van der Waals surface area contributed by atoms with Gasteiger partial charge in [-0.05, 0) is 24.2 Å². The van der Waals surface area contributed by atoms with Crippen molar-refractivity contribution in [3.8, 4) is 0 Å². The lowest BCUT2D eigenvalue weighted by atomic mass is 10.1. The molecular weight excluding hydrogens is 390 g/mol. The molecule has 0 aliphatic rings. The zero-order chi connectivity index (χ0) is 21.0. The topological polar surface area (TPSA) is 160 Å². The van der Waals surface area contributed by atoms with Crippen LogP contribution in [0.4, 0.5) is 0 Å². The van der Waals surface area contributed by atoms with Crippen LogP contribution < -0.4 is 22.5 Å². The van der Waals surface area contributed by atoms with E-state index in [1.807, 2.05) is 0 Å². The van der Waals surface area contributed by atoms with Gasteiger partial charge in [-0.1, -0.05) is 22.4 Å². The van der Waals surface area contributed by atoms with Crippen LogP contribution in [0.2, 0.25) is 0 Å². The molecule has 0 saturated heterocycles. The SMILES string of the molecule is Cc1ccc(C(=O)n2oc(=O)ccc(=O)on3oc(=O)ccc(=O)onc23)cc1. The first-order chi connectivity index (χ1) is 13.8. The van der Waals surface area contributed by atoms with E-state index in [0.29, 0.717) is 24.3 Å². The number of nitrogens with zero attached hydrogens (tertiary/aromatic N) is 3. The zero-order valence-corrected chi connectivity index (χ0v) is 14.6. The molecule has 0 spiro atoms. The summed E-state index contributed by atoms with van der Waals surface area (Å²) in [5.74, 6) is -1.92. The number of hydrogen-bond acceptors (Lipinski definition) is 10. The van der Waals surface area contributed by atoms with Gasteiger partial charge in [0.2, 0.25) is 0 Å². The maximum Gasteiger partial charge on any atom is 0.360 e. The molecule has 0 atom stereocenters. The summed E-state index contributed by atoms with van der Waals surface area (Å²) in [5, 5.41) is 3.33. The molecule has 12 nitrogen and oxygen atoms in total. The van der Waals surface area contributed by atoms with Gasteiger partial charge in [-0.15, -0.1) is 0 Å². The summed E-state index contributed by atoms with van der Waals surface area (Å²) in [4.78, 5) is 60.0. The van der Waals surface area contributed by atoms with Gasteiger partial charge in [0.05, 0.1) is 0 Å². The third-order valence-corrected chi connectivity index (χ3v) is 3.28. The Morgan fingerprint density at radius 2 is 1.28 bits per heavy atom. The van der Waals surface area contributed by atoms with E-state index in [2.05, 4.69) is 9.68 Å². The molecule has 0 radical (unpaired) electrons. The second kappa shape index (κ2) is 8.04. The van der Waals surface area contributed by atoms with E-state index in [9.17, 15) is 24.0 Å². The average molecular weight is 401 g/mol. The van der Waals surface area contributed by atoms with Crippen molar-refractivity contribution >= 4 is 11.7 Å². The van der Waals surface area contributed by atoms with Crippen LogP contribution in [-0.2, 0) is 0 Å². The second-order valence-electron chi connectivity index (χ2n) is 5.42. The van der Waals surface area contributed by atoms with Gasteiger partial charge in [0, 0.05) is 34.6 Å². The van der Waals surface area contributed by atoms with Crippen molar-refractivity contribution < 1.29 is 22.9 Å². The summed E-state index contributed by atoms with van der Waals surface area (Å²) in [6, 6.07) is 8.71. The van der Waals surface area contributed by atoms with Crippen LogP contribution in [0.5, 0.6) is 0 Å². The molecule has 12 heteroatoms. The number of aromatic nitrogens is 3. The van der Waals surface area contributed by atoms with Crippen molar-refractivity contribution in [2.24, 2.45) is 0 Å². The lowest BCUT2D eigenvalue weighted by molar-refractivity contribution is 0.0777. The summed E-state index contributed by atoms with van der Waals surface area (Å²) >= 11 is 0. The molecule has 1 aromatic carbocycles. The molecule has 0 fully saturated rings. The normalized spacial score (nSPS) is 10.2. The smallest absolute Gasteiger partial charge is 0.325 e. The van der Waals surface area contributed by atoms with Gasteiger partial charge in [0.1, 0.15) is 0 Å². The molecule has 29 heavy (non-hydrogen) atoms. The summed E-state index contributed by atoms with van der Waals surface area (Å²) in [6.45, 7) is 1.79. The molecule has 3 aromatic rings. The second-order valence-corrected chi connectivity index (χ2v) is 5.42. The molecule has 0 aliphatic heterocycles. The molecule has 0 aliphatic carbocycles. The fourth-order valence-electron chi connectivity index (χ4n) is 1.96. The predicted octanol–water partition coefficient (Wildman–Crippen LogP) is 0.194. The van der Waals surface area contributed by atoms with Gasteiger partial charge < -0.3 is 9.05 Å². The Labute approximate surface area is 158 Å². The minimum absolute atomic E-state index is 0.0243. The number of carbonyl (C=O) groups is 1. The van der Waals surface area contributed by atoms with E-state index < -0.39 is 34.2 Å². The van der Waals surface area contributed by atoms with Crippen molar-refractivity contribution in [3.63, 3.8) is 0 Å². The number of fused-ring (bicyclic) bond motifs is 1. The number of hydrogen-bond donors (Lipinski definition) is 0. The van der Waals surface area contributed by atoms with Gasteiger partial charge in [-0.25, -0.2) is 19.2 Å². The van der Waals surface area contributed by atoms with Crippen molar-refractivity contribution in [3.05, 3.63) is 101 Å². The average Bonchev–Trinajstić information content (AvgIpc) is 2.78. The van der Waals surface area contributed by atoms with Gasteiger partial charge in [-0.3, -0.25) is 13.8 Å². The van der Waals surface area contributed by atoms with E-state index >= 15 is 0 Å².